The molecule has 1 N–H and O–H groups in total. The van der Waals surface area contributed by atoms with Gasteiger partial charge in [0.1, 0.15) is 12.0 Å². The van der Waals surface area contributed by atoms with Gasteiger partial charge in [-0.3, -0.25) is 10.1 Å². The number of nitrogens with zero attached hydrogens (tertiary/aromatic N) is 1. The lowest BCUT2D eigenvalue weighted by atomic mass is 10.1. The molecule has 5 heteroatoms. The minimum absolute atomic E-state index is 0.0273. The van der Waals surface area contributed by atoms with E-state index in [1.54, 1.807) is 24.1 Å². The number of nitrogens with one attached hydrogen (secondary N) is 1. The summed E-state index contributed by atoms with van der Waals surface area (Å²) >= 11 is 0. The first-order valence-electron chi connectivity index (χ1n) is 6.26. The summed E-state index contributed by atoms with van der Waals surface area (Å²) in [6.45, 7) is 4.64. The fourth-order valence-corrected chi connectivity index (χ4v) is 2.14. The van der Waals surface area contributed by atoms with Crippen LogP contribution in [0.3, 0.4) is 0 Å². The van der Waals surface area contributed by atoms with E-state index in [9.17, 15) is 9.18 Å². The van der Waals surface area contributed by atoms with Gasteiger partial charge < -0.3 is 9.64 Å². The minimum atomic E-state index is -0.417. The number of carbonyl (C=O) groups excluding carboxylic acids is 1. The Kier molecular flexibility index (Phi) is 3.87. The third kappa shape index (κ3) is 3.11. The van der Waals surface area contributed by atoms with E-state index in [0.717, 1.165) is 5.56 Å². The summed E-state index contributed by atoms with van der Waals surface area (Å²) in [5.74, 6) is -0.253. The highest BCUT2D eigenvalue weighted by Crippen LogP contribution is 2.25. The molecular formula is C14H19FN2O2. The number of halogens is 1. The third-order valence-electron chi connectivity index (χ3n) is 3.37. The molecule has 4 nitrogen and oxygen atoms in total. The Morgan fingerprint density at radius 3 is 2.63 bits per heavy atom. The number of benzene rings is 1. The van der Waals surface area contributed by atoms with Gasteiger partial charge in [-0.05, 0) is 31.5 Å². The van der Waals surface area contributed by atoms with Gasteiger partial charge in [0.25, 0.3) is 0 Å². The van der Waals surface area contributed by atoms with Crippen LogP contribution in [0.4, 0.5) is 4.39 Å². The number of hydrogen-bond donors (Lipinski definition) is 1. The predicted octanol–water partition coefficient (Wildman–Crippen LogP) is 1.68. The molecule has 1 aromatic rings. The number of ether oxygens (including phenoxy) is 1. The Hall–Kier alpha value is -1.46. The second-order valence-corrected chi connectivity index (χ2v) is 5.32. The van der Waals surface area contributed by atoms with E-state index < -0.39 is 5.60 Å². The van der Waals surface area contributed by atoms with E-state index in [1.165, 1.54) is 12.1 Å². The minimum Gasteiger partial charge on any atom is -0.377 e. The summed E-state index contributed by atoms with van der Waals surface area (Å²) in [6.07, 6.45) is -0.220. The fraction of sp³-hybridized carbons (Fsp3) is 0.500. The number of hydrogen-bond acceptors (Lipinski definition) is 3. The number of carbonyl (C=O) groups is 1. The van der Waals surface area contributed by atoms with Gasteiger partial charge in [-0.15, -0.1) is 0 Å². The molecule has 1 amide bonds. The zero-order chi connectivity index (χ0) is 14.0. The molecule has 0 spiro atoms. The highest BCUT2D eigenvalue weighted by molar-refractivity contribution is 5.81. The van der Waals surface area contributed by atoms with Crippen LogP contribution in [-0.2, 0) is 9.53 Å². The van der Waals surface area contributed by atoms with Crippen molar-refractivity contribution in [3.8, 4) is 0 Å². The lowest BCUT2D eigenvalue weighted by Gasteiger charge is -2.32. The summed E-state index contributed by atoms with van der Waals surface area (Å²) < 4.78 is 18.3. The molecule has 0 radical (unpaired) electrons. The SMILES string of the molecule is COC(C)(C)CN1C(=O)CNC1c1ccc(F)cc1. The molecule has 1 aliphatic rings. The van der Waals surface area contributed by atoms with Gasteiger partial charge in [-0.1, -0.05) is 12.1 Å². The van der Waals surface area contributed by atoms with Gasteiger partial charge in [0, 0.05) is 7.11 Å². The van der Waals surface area contributed by atoms with Gasteiger partial charge >= 0.3 is 0 Å². The maximum Gasteiger partial charge on any atom is 0.238 e. The Bertz CT molecular complexity index is 459. The molecule has 19 heavy (non-hydrogen) atoms. The van der Waals surface area contributed by atoms with Crippen LogP contribution in [0.1, 0.15) is 25.6 Å². The molecule has 0 aromatic heterocycles. The molecule has 0 bridgehead atoms. The number of methoxy groups -OCH3 is 1. The van der Waals surface area contributed by atoms with E-state index in [2.05, 4.69) is 5.32 Å². The van der Waals surface area contributed by atoms with Crippen molar-refractivity contribution in [3.05, 3.63) is 35.6 Å². The maximum absolute atomic E-state index is 13.0. The molecule has 1 unspecified atom stereocenters. The van der Waals surface area contributed by atoms with Crippen molar-refractivity contribution < 1.29 is 13.9 Å². The second-order valence-electron chi connectivity index (χ2n) is 5.32. The Labute approximate surface area is 112 Å². The molecule has 1 aromatic carbocycles. The molecule has 104 valence electrons. The average Bonchev–Trinajstić information content (AvgIpc) is 2.72. The largest absolute Gasteiger partial charge is 0.377 e. The van der Waals surface area contributed by atoms with Crippen molar-refractivity contribution in [2.75, 3.05) is 20.2 Å². The highest BCUT2D eigenvalue weighted by Gasteiger charge is 2.35. The van der Waals surface area contributed by atoms with E-state index in [1.807, 2.05) is 13.8 Å². The Balaban J connectivity index is 2.20. The molecular weight excluding hydrogens is 247 g/mol. The molecule has 0 saturated carbocycles. The van der Waals surface area contributed by atoms with Crippen LogP contribution in [0.25, 0.3) is 0 Å². The van der Waals surface area contributed by atoms with E-state index in [4.69, 9.17) is 4.74 Å². The smallest absolute Gasteiger partial charge is 0.238 e. The van der Waals surface area contributed by atoms with Crippen molar-refractivity contribution in [1.29, 1.82) is 0 Å². The van der Waals surface area contributed by atoms with E-state index in [0.29, 0.717) is 13.1 Å². The molecule has 1 aliphatic heterocycles. The normalized spacial score (nSPS) is 20.1. The number of amides is 1. The van der Waals surface area contributed by atoms with Crippen molar-refractivity contribution in [1.82, 2.24) is 10.2 Å². The molecule has 1 saturated heterocycles. The molecule has 1 heterocycles. The first-order valence-corrected chi connectivity index (χ1v) is 6.26. The topological polar surface area (TPSA) is 41.6 Å². The zero-order valence-corrected chi connectivity index (χ0v) is 11.4. The zero-order valence-electron chi connectivity index (χ0n) is 11.4. The fourth-order valence-electron chi connectivity index (χ4n) is 2.14. The van der Waals surface area contributed by atoms with Gasteiger partial charge in [-0.2, -0.15) is 0 Å². The number of rotatable bonds is 4. The summed E-state index contributed by atoms with van der Waals surface area (Å²) in [7, 11) is 1.63. The van der Waals surface area contributed by atoms with Crippen LogP contribution in [0, 0.1) is 5.82 Å². The summed E-state index contributed by atoms with van der Waals surface area (Å²) in [5.41, 5.74) is 0.458. The highest BCUT2D eigenvalue weighted by atomic mass is 19.1. The van der Waals surface area contributed by atoms with Gasteiger partial charge in [-0.25, -0.2) is 4.39 Å². The van der Waals surface area contributed by atoms with Crippen LogP contribution in [-0.4, -0.2) is 36.6 Å². The lowest BCUT2D eigenvalue weighted by Crippen LogP contribution is -2.42. The van der Waals surface area contributed by atoms with Crippen molar-refractivity contribution in [3.63, 3.8) is 0 Å². The second kappa shape index (κ2) is 5.27. The summed E-state index contributed by atoms with van der Waals surface area (Å²) in [6, 6.07) is 6.19. The summed E-state index contributed by atoms with van der Waals surface area (Å²) in [4.78, 5) is 13.7. The van der Waals surface area contributed by atoms with Crippen molar-refractivity contribution >= 4 is 5.91 Å². The van der Waals surface area contributed by atoms with Crippen LogP contribution in [0.15, 0.2) is 24.3 Å². The van der Waals surface area contributed by atoms with Crippen LogP contribution in [0.2, 0.25) is 0 Å². The quantitative estimate of drug-likeness (QED) is 0.901. The average molecular weight is 266 g/mol. The Morgan fingerprint density at radius 2 is 2.05 bits per heavy atom. The molecule has 1 atom stereocenters. The summed E-state index contributed by atoms with van der Waals surface area (Å²) in [5, 5.41) is 3.14. The van der Waals surface area contributed by atoms with E-state index >= 15 is 0 Å². The van der Waals surface area contributed by atoms with Gasteiger partial charge in [0.2, 0.25) is 5.91 Å². The molecule has 2 rings (SSSR count). The molecule has 1 fully saturated rings. The standard InChI is InChI=1S/C14H19FN2O2/c1-14(2,19-3)9-17-12(18)8-16-13(17)10-4-6-11(15)7-5-10/h4-7,13,16H,8-9H2,1-3H3. The van der Waals surface area contributed by atoms with Crippen molar-refractivity contribution in [2.45, 2.75) is 25.6 Å². The van der Waals surface area contributed by atoms with Crippen LogP contribution < -0.4 is 5.32 Å². The third-order valence-corrected chi connectivity index (χ3v) is 3.37. The monoisotopic (exact) mass is 266 g/mol. The Morgan fingerprint density at radius 1 is 1.42 bits per heavy atom. The first-order chi connectivity index (χ1) is 8.93. The predicted molar refractivity (Wildman–Crippen MR) is 69.9 cm³/mol. The van der Waals surface area contributed by atoms with Gasteiger partial charge in [0.05, 0.1) is 18.7 Å². The lowest BCUT2D eigenvalue weighted by molar-refractivity contribution is -0.131. The van der Waals surface area contributed by atoms with E-state index in [-0.39, 0.29) is 17.9 Å². The maximum atomic E-state index is 13.0. The molecule has 0 aliphatic carbocycles. The van der Waals surface area contributed by atoms with Crippen molar-refractivity contribution in [2.24, 2.45) is 0 Å². The van der Waals surface area contributed by atoms with Gasteiger partial charge in [0.15, 0.2) is 0 Å². The first kappa shape index (κ1) is 14.0. The van der Waals surface area contributed by atoms with Crippen LogP contribution in [0.5, 0.6) is 0 Å². The van der Waals surface area contributed by atoms with Crippen LogP contribution >= 0.6 is 0 Å².